The molecule has 1 aliphatic heterocycles. The Morgan fingerprint density at radius 3 is 2.48 bits per heavy atom. The van der Waals surface area contributed by atoms with E-state index in [1.54, 1.807) is 4.90 Å². The minimum atomic E-state index is -0.501. The molecule has 0 spiro atoms. The van der Waals surface area contributed by atoms with Gasteiger partial charge >= 0.3 is 0 Å². The number of likely N-dealkylation sites (N-methyl/N-ethyl adjacent to an activating group) is 1. The van der Waals surface area contributed by atoms with Gasteiger partial charge < -0.3 is 15.5 Å². The zero-order valence-corrected chi connectivity index (χ0v) is 18.0. The number of rotatable bonds is 6. The fourth-order valence-electron chi connectivity index (χ4n) is 4.35. The van der Waals surface area contributed by atoms with Crippen LogP contribution in [0.3, 0.4) is 0 Å². The number of hydrogen-bond acceptors (Lipinski definition) is 3. The summed E-state index contributed by atoms with van der Waals surface area (Å²) >= 11 is 0. The van der Waals surface area contributed by atoms with Gasteiger partial charge in [-0.3, -0.25) is 9.59 Å². The van der Waals surface area contributed by atoms with Gasteiger partial charge in [-0.05, 0) is 42.3 Å². The standard InChI is InChI=1S/C26H29N3O2/c1-18-17-29(24(25(30)28-18)16-19-8-4-3-5-9-19)26(31)23(27-2)15-20-12-13-21-10-6-7-11-22(21)14-20/h3-14,18,23-24,27H,15-17H2,1-2H3,(H,28,30)/t18-,23-,24-/m1/s1. The van der Waals surface area contributed by atoms with Gasteiger partial charge in [0.1, 0.15) is 6.04 Å². The molecule has 5 heteroatoms. The van der Waals surface area contributed by atoms with Gasteiger partial charge in [0, 0.05) is 19.0 Å². The van der Waals surface area contributed by atoms with Crippen LogP contribution in [0.1, 0.15) is 18.1 Å². The average Bonchev–Trinajstić information content (AvgIpc) is 2.79. The lowest BCUT2D eigenvalue weighted by atomic mass is 9.97. The predicted molar refractivity (Wildman–Crippen MR) is 124 cm³/mol. The second-order valence-corrected chi connectivity index (χ2v) is 8.33. The first kappa shape index (κ1) is 21.1. The second kappa shape index (κ2) is 9.31. The van der Waals surface area contributed by atoms with Crippen molar-refractivity contribution in [3.05, 3.63) is 83.9 Å². The molecule has 1 heterocycles. The van der Waals surface area contributed by atoms with Crippen molar-refractivity contribution in [3.8, 4) is 0 Å². The second-order valence-electron chi connectivity index (χ2n) is 8.33. The van der Waals surface area contributed by atoms with Crippen LogP contribution < -0.4 is 10.6 Å². The minimum Gasteiger partial charge on any atom is -0.350 e. The summed E-state index contributed by atoms with van der Waals surface area (Å²) in [4.78, 5) is 28.1. The van der Waals surface area contributed by atoms with Gasteiger partial charge in [-0.25, -0.2) is 0 Å². The number of carbonyl (C=O) groups is 2. The molecule has 3 aromatic carbocycles. The normalized spacial score (nSPS) is 19.8. The van der Waals surface area contributed by atoms with Crippen LogP contribution >= 0.6 is 0 Å². The van der Waals surface area contributed by atoms with Crippen molar-refractivity contribution in [2.75, 3.05) is 13.6 Å². The molecule has 0 aromatic heterocycles. The molecule has 4 rings (SSSR count). The molecule has 0 unspecified atom stereocenters. The van der Waals surface area contributed by atoms with E-state index < -0.39 is 12.1 Å². The van der Waals surface area contributed by atoms with Gasteiger partial charge in [-0.1, -0.05) is 72.8 Å². The SMILES string of the molecule is CN[C@H](Cc1ccc2ccccc2c1)C(=O)N1C[C@@H](C)NC(=O)[C@H]1Cc1ccccc1. The average molecular weight is 416 g/mol. The Morgan fingerprint density at radius 2 is 1.74 bits per heavy atom. The smallest absolute Gasteiger partial charge is 0.243 e. The van der Waals surface area contributed by atoms with Crippen LogP contribution in [-0.4, -0.2) is 48.4 Å². The quantitative estimate of drug-likeness (QED) is 0.651. The molecule has 3 atom stereocenters. The molecule has 2 amide bonds. The van der Waals surface area contributed by atoms with Crippen molar-refractivity contribution >= 4 is 22.6 Å². The Bertz CT molecular complexity index is 1070. The number of amides is 2. The van der Waals surface area contributed by atoms with E-state index in [9.17, 15) is 9.59 Å². The fraction of sp³-hybridized carbons (Fsp3) is 0.308. The first-order valence-electron chi connectivity index (χ1n) is 10.8. The highest BCUT2D eigenvalue weighted by Crippen LogP contribution is 2.19. The summed E-state index contributed by atoms with van der Waals surface area (Å²) in [6.07, 6.45) is 1.09. The molecule has 31 heavy (non-hydrogen) atoms. The molecule has 2 N–H and O–H groups in total. The third-order valence-electron chi connectivity index (χ3n) is 5.99. The van der Waals surface area contributed by atoms with Gasteiger partial charge in [0.2, 0.25) is 11.8 Å². The number of fused-ring (bicyclic) bond motifs is 1. The maximum atomic E-state index is 13.6. The van der Waals surface area contributed by atoms with Crippen molar-refractivity contribution in [2.45, 2.75) is 37.9 Å². The summed E-state index contributed by atoms with van der Waals surface area (Å²) < 4.78 is 0. The zero-order chi connectivity index (χ0) is 21.8. The van der Waals surface area contributed by atoms with Gasteiger partial charge in [0.15, 0.2) is 0 Å². The van der Waals surface area contributed by atoms with Crippen molar-refractivity contribution < 1.29 is 9.59 Å². The molecule has 0 radical (unpaired) electrons. The van der Waals surface area contributed by atoms with Crippen LogP contribution in [-0.2, 0) is 22.4 Å². The number of carbonyl (C=O) groups excluding carboxylic acids is 2. The van der Waals surface area contributed by atoms with Crippen LogP contribution in [0.25, 0.3) is 10.8 Å². The molecular formula is C26H29N3O2. The third kappa shape index (κ3) is 4.78. The fourth-order valence-corrected chi connectivity index (χ4v) is 4.35. The number of nitrogens with one attached hydrogen (secondary N) is 2. The van der Waals surface area contributed by atoms with Crippen LogP contribution in [0.5, 0.6) is 0 Å². The van der Waals surface area contributed by atoms with Crippen molar-refractivity contribution in [1.82, 2.24) is 15.5 Å². The molecule has 1 saturated heterocycles. The summed E-state index contributed by atoms with van der Waals surface area (Å²) in [5.74, 6) is -0.116. The van der Waals surface area contributed by atoms with E-state index in [0.717, 1.165) is 16.5 Å². The number of nitrogens with zero attached hydrogens (tertiary/aromatic N) is 1. The lowest BCUT2D eigenvalue weighted by molar-refractivity contribution is -0.146. The van der Waals surface area contributed by atoms with E-state index >= 15 is 0 Å². The Morgan fingerprint density at radius 1 is 1.03 bits per heavy atom. The molecule has 0 bridgehead atoms. The number of hydrogen-bond donors (Lipinski definition) is 2. The summed E-state index contributed by atoms with van der Waals surface area (Å²) in [6, 6.07) is 23.4. The van der Waals surface area contributed by atoms with E-state index in [1.165, 1.54) is 5.39 Å². The van der Waals surface area contributed by atoms with Crippen molar-refractivity contribution in [2.24, 2.45) is 0 Å². The van der Waals surface area contributed by atoms with Gasteiger partial charge in [0.05, 0.1) is 6.04 Å². The first-order valence-corrected chi connectivity index (χ1v) is 10.8. The number of benzene rings is 3. The topological polar surface area (TPSA) is 61.4 Å². The maximum Gasteiger partial charge on any atom is 0.243 e. The Kier molecular flexibility index (Phi) is 6.33. The molecule has 0 saturated carbocycles. The van der Waals surface area contributed by atoms with E-state index in [4.69, 9.17) is 0 Å². The van der Waals surface area contributed by atoms with Crippen molar-refractivity contribution in [1.29, 1.82) is 0 Å². The van der Waals surface area contributed by atoms with Crippen LogP contribution in [0.4, 0.5) is 0 Å². The highest BCUT2D eigenvalue weighted by molar-refractivity contribution is 5.91. The van der Waals surface area contributed by atoms with Crippen LogP contribution in [0, 0.1) is 0 Å². The van der Waals surface area contributed by atoms with Crippen molar-refractivity contribution in [3.63, 3.8) is 0 Å². The van der Waals surface area contributed by atoms with E-state index in [-0.39, 0.29) is 17.9 Å². The van der Waals surface area contributed by atoms with E-state index in [0.29, 0.717) is 19.4 Å². The molecule has 3 aromatic rings. The molecule has 5 nitrogen and oxygen atoms in total. The largest absolute Gasteiger partial charge is 0.350 e. The molecule has 1 fully saturated rings. The summed E-state index contributed by atoms with van der Waals surface area (Å²) in [7, 11) is 1.81. The monoisotopic (exact) mass is 415 g/mol. The Labute approximate surface area is 183 Å². The highest BCUT2D eigenvalue weighted by Gasteiger charge is 2.38. The van der Waals surface area contributed by atoms with Gasteiger partial charge in [-0.2, -0.15) is 0 Å². The van der Waals surface area contributed by atoms with Gasteiger partial charge in [-0.15, -0.1) is 0 Å². The molecular weight excluding hydrogens is 386 g/mol. The van der Waals surface area contributed by atoms with E-state index in [1.807, 2.05) is 56.4 Å². The van der Waals surface area contributed by atoms with Crippen LogP contribution in [0.15, 0.2) is 72.8 Å². The van der Waals surface area contributed by atoms with Crippen LogP contribution in [0.2, 0.25) is 0 Å². The van der Waals surface area contributed by atoms with Gasteiger partial charge in [0.25, 0.3) is 0 Å². The lowest BCUT2D eigenvalue weighted by Crippen LogP contribution is -2.64. The molecule has 0 aliphatic carbocycles. The summed E-state index contributed by atoms with van der Waals surface area (Å²) in [5.41, 5.74) is 2.14. The Balaban J connectivity index is 1.56. The maximum absolute atomic E-state index is 13.6. The third-order valence-corrected chi connectivity index (χ3v) is 5.99. The predicted octanol–water partition coefficient (Wildman–Crippen LogP) is 2.93. The first-order chi connectivity index (χ1) is 15.0. The summed E-state index contributed by atoms with van der Waals surface area (Å²) in [6.45, 7) is 2.45. The number of piperazine rings is 1. The van der Waals surface area contributed by atoms with E-state index in [2.05, 4.69) is 41.0 Å². The highest BCUT2D eigenvalue weighted by atomic mass is 16.2. The summed E-state index contributed by atoms with van der Waals surface area (Å²) in [5, 5.41) is 8.54. The molecule has 160 valence electrons. The molecule has 1 aliphatic rings. The minimum absolute atomic E-state index is 0.0294. The Hall–Kier alpha value is -3.18. The lowest BCUT2D eigenvalue weighted by Gasteiger charge is -2.40. The zero-order valence-electron chi connectivity index (χ0n) is 18.0.